The topological polar surface area (TPSA) is 67.8 Å². The molecule has 0 heterocycles. The molecule has 0 aromatic heterocycles. The molecule has 0 atom stereocenters. The Labute approximate surface area is 112 Å². The Morgan fingerprint density at radius 3 is 2.47 bits per heavy atom. The van der Waals surface area contributed by atoms with Crippen molar-refractivity contribution in [2.45, 2.75) is 20.3 Å². The quantitative estimate of drug-likeness (QED) is 0.501. The minimum Gasteiger partial charge on any atom is -0.465 e. The number of methoxy groups -OCH3 is 1. The third-order valence-electron chi connectivity index (χ3n) is 2.33. The molecule has 0 bridgehead atoms. The van der Waals surface area contributed by atoms with Crippen LogP contribution in [-0.2, 0) is 9.53 Å². The molecular formula is C14H18N2O3. The van der Waals surface area contributed by atoms with Gasteiger partial charge in [0.2, 0.25) is 5.91 Å². The SMILES string of the molecule is COC(=O)c1ccc(C=NNC(=O)CC(C)C)cc1. The van der Waals surface area contributed by atoms with Gasteiger partial charge in [0.25, 0.3) is 0 Å². The second kappa shape index (κ2) is 7.31. The first-order valence-electron chi connectivity index (χ1n) is 6.03. The zero-order valence-corrected chi connectivity index (χ0v) is 11.3. The maximum absolute atomic E-state index is 11.3. The van der Waals surface area contributed by atoms with E-state index in [1.807, 2.05) is 13.8 Å². The highest BCUT2D eigenvalue weighted by atomic mass is 16.5. The second-order valence-corrected chi connectivity index (χ2v) is 4.50. The minimum atomic E-state index is -0.381. The first-order chi connectivity index (χ1) is 9.02. The largest absolute Gasteiger partial charge is 0.465 e. The summed E-state index contributed by atoms with van der Waals surface area (Å²) in [4.78, 5) is 22.6. The van der Waals surface area contributed by atoms with Gasteiger partial charge in [-0.1, -0.05) is 26.0 Å². The van der Waals surface area contributed by atoms with Gasteiger partial charge >= 0.3 is 5.97 Å². The molecular weight excluding hydrogens is 244 g/mol. The molecule has 0 aliphatic heterocycles. The van der Waals surface area contributed by atoms with Crippen LogP contribution in [-0.4, -0.2) is 25.2 Å². The van der Waals surface area contributed by atoms with Crippen LogP contribution in [0.15, 0.2) is 29.4 Å². The summed E-state index contributed by atoms with van der Waals surface area (Å²) in [5, 5.41) is 3.85. The van der Waals surface area contributed by atoms with Gasteiger partial charge in [0.05, 0.1) is 18.9 Å². The van der Waals surface area contributed by atoms with E-state index in [1.165, 1.54) is 13.3 Å². The van der Waals surface area contributed by atoms with Gasteiger partial charge in [-0.15, -0.1) is 0 Å². The molecule has 0 spiro atoms. The van der Waals surface area contributed by atoms with E-state index in [2.05, 4.69) is 15.3 Å². The molecule has 1 aromatic rings. The maximum Gasteiger partial charge on any atom is 0.337 e. The molecule has 0 aliphatic carbocycles. The predicted molar refractivity (Wildman–Crippen MR) is 73.0 cm³/mol. The number of nitrogens with one attached hydrogen (secondary N) is 1. The summed E-state index contributed by atoms with van der Waals surface area (Å²) in [6, 6.07) is 6.74. The Morgan fingerprint density at radius 2 is 1.95 bits per heavy atom. The van der Waals surface area contributed by atoms with E-state index in [0.29, 0.717) is 17.9 Å². The van der Waals surface area contributed by atoms with E-state index in [0.717, 1.165) is 5.56 Å². The van der Waals surface area contributed by atoms with Crippen LogP contribution >= 0.6 is 0 Å². The van der Waals surface area contributed by atoms with E-state index >= 15 is 0 Å². The molecule has 1 N–H and O–H groups in total. The highest BCUT2D eigenvalue weighted by Gasteiger charge is 2.04. The van der Waals surface area contributed by atoms with Gasteiger partial charge in [0, 0.05) is 6.42 Å². The fourth-order valence-electron chi connectivity index (χ4n) is 1.42. The summed E-state index contributed by atoms with van der Waals surface area (Å²) in [5.74, 6) is -0.194. The Kier molecular flexibility index (Phi) is 5.73. The number of hydrogen-bond acceptors (Lipinski definition) is 4. The average Bonchev–Trinajstić information content (AvgIpc) is 2.37. The van der Waals surface area contributed by atoms with Crippen molar-refractivity contribution in [2.75, 3.05) is 7.11 Å². The molecule has 102 valence electrons. The van der Waals surface area contributed by atoms with Crippen molar-refractivity contribution >= 4 is 18.1 Å². The van der Waals surface area contributed by atoms with Gasteiger partial charge in [0.15, 0.2) is 0 Å². The molecule has 0 fully saturated rings. The minimum absolute atomic E-state index is 0.113. The lowest BCUT2D eigenvalue weighted by atomic mass is 10.1. The lowest BCUT2D eigenvalue weighted by Gasteiger charge is -2.02. The van der Waals surface area contributed by atoms with Crippen LogP contribution in [0.3, 0.4) is 0 Å². The van der Waals surface area contributed by atoms with Crippen molar-refractivity contribution in [3.63, 3.8) is 0 Å². The van der Waals surface area contributed by atoms with Crippen molar-refractivity contribution in [3.8, 4) is 0 Å². The van der Waals surface area contributed by atoms with E-state index in [4.69, 9.17) is 0 Å². The monoisotopic (exact) mass is 262 g/mol. The van der Waals surface area contributed by atoms with Crippen molar-refractivity contribution in [1.82, 2.24) is 5.43 Å². The number of rotatable bonds is 5. The molecule has 5 heteroatoms. The van der Waals surface area contributed by atoms with Gasteiger partial charge in [-0.3, -0.25) is 4.79 Å². The zero-order valence-electron chi connectivity index (χ0n) is 11.3. The Bertz CT molecular complexity index is 464. The molecule has 0 saturated heterocycles. The molecule has 5 nitrogen and oxygen atoms in total. The summed E-state index contributed by atoms with van der Waals surface area (Å²) in [6.45, 7) is 3.93. The number of nitrogens with zero attached hydrogens (tertiary/aromatic N) is 1. The van der Waals surface area contributed by atoms with Crippen LogP contribution in [0.2, 0.25) is 0 Å². The smallest absolute Gasteiger partial charge is 0.337 e. The Balaban J connectivity index is 2.53. The number of ether oxygens (including phenoxy) is 1. The molecule has 1 aromatic carbocycles. The van der Waals surface area contributed by atoms with Gasteiger partial charge in [-0.05, 0) is 23.6 Å². The normalized spacial score (nSPS) is 10.7. The molecule has 0 radical (unpaired) electrons. The molecule has 1 amide bonds. The van der Waals surface area contributed by atoms with Crippen LogP contribution in [0, 0.1) is 5.92 Å². The maximum atomic E-state index is 11.3. The van der Waals surface area contributed by atoms with Gasteiger partial charge in [-0.2, -0.15) is 5.10 Å². The van der Waals surface area contributed by atoms with Crippen LogP contribution in [0.1, 0.15) is 36.2 Å². The van der Waals surface area contributed by atoms with E-state index in [9.17, 15) is 9.59 Å². The number of hydrazone groups is 1. The van der Waals surface area contributed by atoms with Crippen LogP contribution in [0.25, 0.3) is 0 Å². The van der Waals surface area contributed by atoms with E-state index in [1.54, 1.807) is 24.3 Å². The second-order valence-electron chi connectivity index (χ2n) is 4.50. The molecule has 0 saturated carbocycles. The van der Waals surface area contributed by atoms with Crippen molar-refractivity contribution in [2.24, 2.45) is 11.0 Å². The third-order valence-corrected chi connectivity index (χ3v) is 2.33. The van der Waals surface area contributed by atoms with Crippen molar-refractivity contribution in [1.29, 1.82) is 0 Å². The van der Waals surface area contributed by atoms with Gasteiger partial charge in [-0.25, -0.2) is 10.2 Å². The summed E-state index contributed by atoms with van der Waals surface area (Å²) < 4.78 is 4.60. The molecule has 0 unspecified atom stereocenters. The number of benzene rings is 1. The molecule has 19 heavy (non-hydrogen) atoms. The van der Waals surface area contributed by atoms with E-state index in [-0.39, 0.29) is 11.9 Å². The highest BCUT2D eigenvalue weighted by Crippen LogP contribution is 2.04. The van der Waals surface area contributed by atoms with Crippen LogP contribution in [0.5, 0.6) is 0 Å². The summed E-state index contributed by atoms with van der Waals surface area (Å²) in [7, 11) is 1.34. The average molecular weight is 262 g/mol. The third kappa shape index (κ3) is 5.33. The first-order valence-corrected chi connectivity index (χ1v) is 6.03. The van der Waals surface area contributed by atoms with E-state index < -0.39 is 0 Å². The molecule has 0 aliphatic rings. The van der Waals surface area contributed by atoms with Crippen LogP contribution < -0.4 is 5.43 Å². The summed E-state index contributed by atoms with van der Waals surface area (Å²) >= 11 is 0. The number of amides is 1. The first kappa shape index (κ1) is 14.9. The zero-order chi connectivity index (χ0) is 14.3. The molecule has 1 rings (SSSR count). The highest BCUT2D eigenvalue weighted by molar-refractivity contribution is 5.90. The van der Waals surface area contributed by atoms with Gasteiger partial charge < -0.3 is 4.74 Å². The number of carbonyl (C=O) groups is 2. The van der Waals surface area contributed by atoms with Crippen molar-refractivity contribution in [3.05, 3.63) is 35.4 Å². The summed E-state index contributed by atoms with van der Waals surface area (Å²) in [6.07, 6.45) is 1.97. The summed E-state index contributed by atoms with van der Waals surface area (Å²) in [5.41, 5.74) is 3.71. The lowest BCUT2D eigenvalue weighted by Crippen LogP contribution is -2.19. The Hall–Kier alpha value is -2.17. The number of hydrogen-bond donors (Lipinski definition) is 1. The predicted octanol–water partition coefficient (Wildman–Crippen LogP) is 1.97. The number of esters is 1. The standard InChI is InChI=1S/C14H18N2O3/c1-10(2)8-13(17)16-15-9-11-4-6-12(7-5-11)14(18)19-3/h4-7,9-10H,8H2,1-3H3,(H,16,17). The van der Waals surface area contributed by atoms with Gasteiger partial charge in [0.1, 0.15) is 0 Å². The fourth-order valence-corrected chi connectivity index (χ4v) is 1.42. The van der Waals surface area contributed by atoms with Crippen molar-refractivity contribution < 1.29 is 14.3 Å². The fraction of sp³-hybridized carbons (Fsp3) is 0.357. The lowest BCUT2D eigenvalue weighted by molar-refractivity contribution is -0.121. The van der Waals surface area contributed by atoms with Crippen LogP contribution in [0.4, 0.5) is 0 Å². The Morgan fingerprint density at radius 1 is 1.32 bits per heavy atom. The number of carbonyl (C=O) groups excluding carboxylic acids is 2.